The van der Waals surface area contributed by atoms with Crippen LogP contribution in [0.2, 0.25) is 0 Å². The molecule has 0 bridgehead atoms. The van der Waals surface area contributed by atoms with Gasteiger partial charge >= 0.3 is 6.03 Å². The normalized spacial score (nSPS) is 14.0. The predicted octanol–water partition coefficient (Wildman–Crippen LogP) is 3.96. The molecular weight excluding hydrogens is 345 g/mol. The zero-order valence-corrected chi connectivity index (χ0v) is 15.4. The van der Waals surface area contributed by atoms with Crippen LogP contribution in [0.3, 0.4) is 0 Å². The summed E-state index contributed by atoms with van der Waals surface area (Å²) < 4.78 is 15.7. The van der Waals surface area contributed by atoms with Crippen molar-refractivity contribution in [3.63, 3.8) is 0 Å². The van der Waals surface area contributed by atoms with E-state index in [0.717, 1.165) is 42.8 Å². The van der Waals surface area contributed by atoms with Crippen molar-refractivity contribution in [1.82, 2.24) is 20.1 Å². The van der Waals surface area contributed by atoms with Gasteiger partial charge in [-0.15, -0.1) is 10.2 Å². The Bertz CT molecular complexity index is 1010. The Labute approximate surface area is 156 Å². The Hall–Kier alpha value is -2.96. The fourth-order valence-corrected chi connectivity index (χ4v) is 3.62. The molecule has 6 nitrogen and oxygen atoms in total. The van der Waals surface area contributed by atoms with Crippen molar-refractivity contribution in [3.8, 4) is 0 Å². The van der Waals surface area contributed by atoms with Crippen molar-refractivity contribution in [1.29, 1.82) is 0 Å². The SMILES string of the molecule is CC(C)(NC(=O)Nc1cccc2ccc(F)cc12)c1nnc2n1CCCC2. The van der Waals surface area contributed by atoms with Gasteiger partial charge in [-0.3, -0.25) is 0 Å². The average Bonchev–Trinajstić information content (AvgIpc) is 3.07. The van der Waals surface area contributed by atoms with Crippen LogP contribution < -0.4 is 10.6 Å². The smallest absolute Gasteiger partial charge is 0.320 e. The van der Waals surface area contributed by atoms with E-state index < -0.39 is 5.54 Å². The van der Waals surface area contributed by atoms with Crippen LogP contribution in [0, 0.1) is 5.82 Å². The number of aromatic nitrogens is 3. The fraction of sp³-hybridized carbons (Fsp3) is 0.350. The van der Waals surface area contributed by atoms with Gasteiger partial charge in [0.05, 0.1) is 11.2 Å². The number of carbonyl (C=O) groups is 1. The standard InChI is InChI=1S/C20H22FN5O/c1-20(2,18-25-24-17-8-3-4-11-26(17)18)23-19(27)22-16-7-5-6-13-9-10-14(21)12-15(13)16/h5-7,9-10,12H,3-4,8,11H2,1-2H3,(H2,22,23,27). The first-order valence-corrected chi connectivity index (χ1v) is 9.14. The summed E-state index contributed by atoms with van der Waals surface area (Å²) in [4.78, 5) is 12.6. The molecule has 0 aliphatic carbocycles. The van der Waals surface area contributed by atoms with E-state index in [1.807, 2.05) is 26.0 Å². The molecule has 0 unspecified atom stereocenters. The predicted molar refractivity (Wildman–Crippen MR) is 102 cm³/mol. The number of hydrogen-bond donors (Lipinski definition) is 2. The van der Waals surface area contributed by atoms with Crippen molar-refractivity contribution in [3.05, 3.63) is 53.9 Å². The van der Waals surface area contributed by atoms with Crippen molar-refractivity contribution in [2.24, 2.45) is 0 Å². The molecule has 27 heavy (non-hydrogen) atoms. The van der Waals surface area contributed by atoms with Crippen LogP contribution in [0.1, 0.15) is 38.3 Å². The molecule has 3 aromatic rings. The van der Waals surface area contributed by atoms with Gasteiger partial charge < -0.3 is 15.2 Å². The Morgan fingerprint density at radius 3 is 2.89 bits per heavy atom. The lowest BCUT2D eigenvalue weighted by Crippen LogP contribution is -2.45. The van der Waals surface area contributed by atoms with Crippen LogP contribution in [0.4, 0.5) is 14.9 Å². The van der Waals surface area contributed by atoms with Gasteiger partial charge in [-0.1, -0.05) is 18.2 Å². The van der Waals surface area contributed by atoms with Gasteiger partial charge in [0.1, 0.15) is 11.6 Å². The van der Waals surface area contributed by atoms with Gasteiger partial charge in [-0.2, -0.15) is 0 Å². The first-order chi connectivity index (χ1) is 12.9. The number of amides is 2. The summed E-state index contributed by atoms with van der Waals surface area (Å²) in [6.07, 6.45) is 3.11. The number of rotatable bonds is 3. The number of aryl methyl sites for hydroxylation is 1. The molecule has 0 saturated carbocycles. The lowest BCUT2D eigenvalue weighted by molar-refractivity contribution is 0.239. The molecule has 1 aliphatic heterocycles. The number of anilines is 1. The molecule has 0 radical (unpaired) electrons. The van der Waals surface area contributed by atoms with Gasteiger partial charge in [-0.05, 0) is 50.3 Å². The summed E-state index contributed by atoms with van der Waals surface area (Å²) in [5.74, 6) is 1.37. The maximum absolute atomic E-state index is 13.6. The van der Waals surface area contributed by atoms with Crippen molar-refractivity contribution in [2.45, 2.75) is 45.2 Å². The van der Waals surface area contributed by atoms with Crippen LogP contribution in [0.25, 0.3) is 10.8 Å². The Kier molecular flexibility index (Phi) is 4.30. The quantitative estimate of drug-likeness (QED) is 0.736. The van der Waals surface area contributed by atoms with E-state index in [1.54, 1.807) is 12.1 Å². The van der Waals surface area contributed by atoms with E-state index >= 15 is 0 Å². The second kappa shape index (κ2) is 6.64. The topological polar surface area (TPSA) is 71.8 Å². The monoisotopic (exact) mass is 367 g/mol. The first kappa shape index (κ1) is 17.5. The largest absolute Gasteiger partial charge is 0.326 e. The first-order valence-electron chi connectivity index (χ1n) is 9.14. The van der Waals surface area contributed by atoms with Gasteiger partial charge in [0.25, 0.3) is 0 Å². The fourth-order valence-electron chi connectivity index (χ4n) is 3.62. The van der Waals surface area contributed by atoms with Crippen molar-refractivity contribution in [2.75, 3.05) is 5.32 Å². The molecule has 140 valence electrons. The number of urea groups is 1. The molecule has 0 saturated heterocycles. The third-order valence-corrected chi connectivity index (χ3v) is 4.94. The van der Waals surface area contributed by atoms with Crippen LogP contribution >= 0.6 is 0 Å². The zero-order chi connectivity index (χ0) is 19.0. The van der Waals surface area contributed by atoms with Crippen LogP contribution in [-0.4, -0.2) is 20.8 Å². The van der Waals surface area contributed by atoms with E-state index in [4.69, 9.17) is 0 Å². The molecule has 0 atom stereocenters. The van der Waals surface area contributed by atoms with Crippen LogP contribution in [-0.2, 0) is 18.5 Å². The van der Waals surface area contributed by atoms with E-state index in [-0.39, 0.29) is 11.8 Å². The average molecular weight is 367 g/mol. The summed E-state index contributed by atoms with van der Waals surface area (Å²) in [6, 6.07) is 9.62. The summed E-state index contributed by atoms with van der Waals surface area (Å²) in [5, 5.41) is 15.9. The summed E-state index contributed by atoms with van der Waals surface area (Å²) in [6.45, 7) is 4.68. The number of carbonyl (C=O) groups excluding carboxylic acids is 1. The summed E-state index contributed by atoms with van der Waals surface area (Å²) in [5.41, 5.74) is -0.133. The second-order valence-electron chi connectivity index (χ2n) is 7.42. The Morgan fingerprint density at radius 2 is 2.04 bits per heavy atom. The highest BCUT2D eigenvalue weighted by Crippen LogP contribution is 2.26. The lowest BCUT2D eigenvalue weighted by atomic mass is 10.0. The minimum atomic E-state index is -0.692. The molecular formula is C20H22FN5O. The minimum Gasteiger partial charge on any atom is -0.326 e. The van der Waals surface area contributed by atoms with Crippen molar-refractivity contribution < 1.29 is 9.18 Å². The minimum absolute atomic E-state index is 0.340. The third-order valence-electron chi connectivity index (χ3n) is 4.94. The molecule has 4 rings (SSSR count). The van der Waals surface area contributed by atoms with Crippen LogP contribution in [0.15, 0.2) is 36.4 Å². The molecule has 2 amide bonds. The molecule has 2 heterocycles. The molecule has 2 N–H and O–H groups in total. The number of hydrogen-bond acceptors (Lipinski definition) is 3. The highest BCUT2D eigenvalue weighted by atomic mass is 19.1. The lowest BCUT2D eigenvalue weighted by Gasteiger charge is -2.27. The van der Waals surface area contributed by atoms with Crippen LogP contribution in [0.5, 0.6) is 0 Å². The zero-order valence-electron chi connectivity index (χ0n) is 15.4. The van der Waals surface area contributed by atoms with Gasteiger partial charge in [0, 0.05) is 18.4 Å². The molecule has 1 aromatic heterocycles. The highest BCUT2D eigenvalue weighted by molar-refractivity contribution is 6.01. The van der Waals surface area contributed by atoms with E-state index in [0.29, 0.717) is 11.1 Å². The summed E-state index contributed by atoms with van der Waals surface area (Å²) >= 11 is 0. The Balaban J connectivity index is 1.56. The molecule has 1 aliphatic rings. The maximum atomic E-state index is 13.6. The third kappa shape index (κ3) is 3.37. The molecule has 7 heteroatoms. The number of halogens is 1. The van der Waals surface area contributed by atoms with Gasteiger partial charge in [0.15, 0.2) is 5.82 Å². The molecule has 0 fully saturated rings. The van der Waals surface area contributed by atoms with Gasteiger partial charge in [-0.25, -0.2) is 9.18 Å². The molecule has 2 aromatic carbocycles. The Morgan fingerprint density at radius 1 is 1.19 bits per heavy atom. The molecule has 0 spiro atoms. The second-order valence-corrected chi connectivity index (χ2v) is 7.42. The van der Waals surface area contributed by atoms with Crippen molar-refractivity contribution >= 4 is 22.5 Å². The maximum Gasteiger partial charge on any atom is 0.320 e. The number of nitrogens with one attached hydrogen (secondary N) is 2. The number of nitrogens with zero attached hydrogens (tertiary/aromatic N) is 3. The van der Waals surface area contributed by atoms with E-state index in [1.165, 1.54) is 12.1 Å². The number of benzene rings is 2. The highest BCUT2D eigenvalue weighted by Gasteiger charge is 2.31. The van der Waals surface area contributed by atoms with E-state index in [2.05, 4.69) is 25.4 Å². The number of fused-ring (bicyclic) bond motifs is 2. The van der Waals surface area contributed by atoms with Gasteiger partial charge in [0.2, 0.25) is 0 Å². The summed E-state index contributed by atoms with van der Waals surface area (Å²) in [7, 11) is 0. The van der Waals surface area contributed by atoms with E-state index in [9.17, 15) is 9.18 Å².